The Morgan fingerprint density at radius 3 is 2.87 bits per heavy atom. The van der Waals surface area contributed by atoms with Crippen LogP contribution in [-0.4, -0.2) is 56.1 Å². The quantitative estimate of drug-likeness (QED) is 0.601. The highest BCUT2D eigenvalue weighted by Gasteiger charge is 2.27. The molecule has 30 heavy (non-hydrogen) atoms. The van der Waals surface area contributed by atoms with Crippen LogP contribution in [0.1, 0.15) is 41.2 Å². The third kappa shape index (κ3) is 4.91. The van der Waals surface area contributed by atoms with Gasteiger partial charge in [0.05, 0.1) is 30.0 Å². The van der Waals surface area contributed by atoms with Crippen molar-refractivity contribution in [3.05, 3.63) is 38.8 Å². The van der Waals surface area contributed by atoms with Crippen molar-refractivity contribution in [1.82, 2.24) is 10.3 Å². The number of carbonyl (C=O) groups is 2. The van der Waals surface area contributed by atoms with Crippen molar-refractivity contribution < 1.29 is 14.3 Å². The summed E-state index contributed by atoms with van der Waals surface area (Å²) in [6.07, 6.45) is 4.22. The number of hydrogen-bond acceptors (Lipinski definition) is 7. The minimum Gasteiger partial charge on any atom is -0.374 e. The number of amides is 1. The summed E-state index contributed by atoms with van der Waals surface area (Å²) in [5, 5.41) is 8.03. The molecule has 3 heterocycles. The Balaban J connectivity index is 1.64. The molecule has 2 unspecified atom stereocenters. The smallest absolute Gasteiger partial charge is 0.275 e. The van der Waals surface area contributed by atoms with Gasteiger partial charge in [-0.15, -0.1) is 11.3 Å². The second kappa shape index (κ2) is 10.00. The largest absolute Gasteiger partial charge is 0.374 e. The molecule has 0 aliphatic carbocycles. The van der Waals surface area contributed by atoms with Crippen molar-refractivity contribution in [2.24, 2.45) is 0 Å². The summed E-state index contributed by atoms with van der Waals surface area (Å²) in [7, 11) is 0. The van der Waals surface area contributed by atoms with Crippen LogP contribution in [0.15, 0.2) is 27.5 Å². The van der Waals surface area contributed by atoms with Gasteiger partial charge < -0.3 is 25.1 Å². The van der Waals surface area contributed by atoms with Gasteiger partial charge in [-0.3, -0.25) is 4.79 Å². The number of aldehydes is 1. The highest BCUT2D eigenvalue weighted by molar-refractivity contribution is 9.11. The van der Waals surface area contributed by atoms with Crippen molar-refractivity contribution >= 4 is 50.8 Å². The van der Waals surface area contributed by atoms with Gasteiger partial charge in [0.1, 0.15) is 12.0 Å². The number of ether oxygens (including phenoxy) is 1. The van der Waals surface area contributed by atoms with E-state index in [1.807, 2.05) is 18.2 Å². The number of carbonyl (C=O) groups excluding carboxylic acids is 2. The summed E-state index contributed by atoms with van der Waals surface area (Å²) >= 11 is 4.68. The van der Waals surface area contributed by atoms with Gasteiger partial charge in [0, 0.05) is 31.6 Å². The average Bonchev–Trinajstić information content (AvgIpc) is 3.22. The topological polar surface area (TPSA) is 83.6 Å². The van der Waals surface area contributed by atoms with Crippen LogP contribution < -0.4 is 15.5 Å². The zero-order valence-electron chi connectivity index (χ0n) is 16.6. The van der Waals surface area contributed by atoms with E-state index in [-0.39, 0.29) is 12.0 Å². The van der Waals surface area contributed by atoms with Gasteiger partial charge in [0.15, 0.2) is 3.92 Å². The summed E-state index contributed by atoms with van der Waals surface area (Å²) in [5.41, 5.74) is 2.90. The fourth-order valence-electron chi connectivity index (χ4n) is 4.01. The first-order chi connectivity index (χ1) is 14.7. The molecule has 2 aromatic rings. The molecule has 1 aromatic heterocycles. The number of halogens is 1. The van der Waals surface area contributed by atoms with Crippen molar-refractivity contribution in [3.8, 4) is 0 Å². The van der Waals surface area contributed by atoms with E-state index < -0.39 is 5.92 Å². The number of anilines is 2. The summed E-state index contributed by atoms with van der Waals surface area (Å²) in [6.45, 7) is 3.92. The van der Waals surface area contributed by atoms with E-state index in [2.05, 4.69) is 36.4 Å². The Hall–Kier alpha value is -1.81. The van der Waals surface area contributed by atoms with Crippen molar-refractivity contribution in [3.63, 3.8) is 0 Å². The number of piperidine rings is 1. The minimum absolute atomic E-state index is 0.213. The van der Waals surface area contributed by atoms with E-state index in [9.17, 15) is 9.59 Å². The Bertz CT molecular complexity index is 894. The maximum atomic E-state index is 12.8. The van der Waals surface area contributed by atoms with Gasteiger partial charge >= 0.3 is 0 Å². The van der Waals surface area contributed by atoms with E-state index >= 15 is 0 Å². The minimum atomic E-state index is -0.391. The molecule has 0 spiro atoms. The second-order valence-corrected chi connectivity index (χ2v) is 9.67. The molecule has 160 valence electrons. The molecule has 4 rings (SSSR count). The number of nitrogens with zero attached hydrogens (tertiary/aromatic N) is 2. The second-order valence-electron chi connectivity index (χ2n) is 7.54. The van der Waals surface area contributed by atoms with Gasteiger partial charge in [-0.05, 0) is 52.9 Å². The normalized spacial score (nSPS) is 20.6. The zero-order valence-corrected chi connectivity index (χ0v) is 19.0. The van der Waals surface area contributed by atoms with Crippen molar-refractivity contribution in [2.45, 2.75) is 31.3 Å². The molecule has 7 nitrogen and oxygen atoms in total. The predicted octanol–water partition coefficient (Wildman–Crippen LogP) is 3.42. The summed E-state index contributed by atoms with van der Waals surface area (Å²) in [5.74, 6) is -0.650. The van der Waals surface area contributed by atoms with Crippen LogP contribution in [0, 0.1) is 0 Å². The maximum absolute atomic E-state index is 12.8. The fourth-order valence-corrected chi connectivity index (χ4v) is 5.00. The monoisotopic (exact) mass is 492 g/mol. The first-order valence-corrected chi connectivity index (χ1v) is 11.9. The molecule has 0 saturated carbocycles. The van der Waals surface area contributed by atoms with Gasteiger partial charge in [-0.2, -0.15) is 0 Å². The van der Waals surface area contributed by atoms with Crippen LogP contribution in [0.4, 0.5) is 11.4 Å². The van der Waals surface area contributed by atoms with E-state index in [0.717, 1.165) is 50.0 Å². The predicted molar refractivity (Wildman–Crippen MR) is 122 cm³/mol. The molecule has 2 atom stereocenters. The molecule has 2 N–H and O–H groups in total. The first kappa shape index (κ1) is 21.4. The highest BCUT2D eigenvalue weighted by Crippen LogP contribution is 2.33. The molecule has 0 bridgehead atoms. The molecular formula is C21H25BrN4O3S. The molecule has 2 fully saturated rings. The summed E-state index contributed by atoms with van der Waals surface area (Å²) in [6, 6.07) is 5.91. The lowest BCUT2D eigenvalue weighted by Gasteiger charge is -2.32. The summed E-state index contributed by atoms with van der Waals surface area (Å²) in [4.78, 5) is 31.3. The van der Waals surface area contributed by atoms with Crippen molar-refractivity contribution in [2.75, 3.05) is 43.0 Å². The van der Waals surface area contributed by atoms with E-state index in [4.69, 9.17) is 4.74 Å². The molecule has 1 aromatic carbocycles. The number of morpholine rings is 1. The third-order valence-corrected chi connectivity index (χ3v) is 6.93. The van der Waals surface area contributed by atoms with Crippen LogP contribution in [-0.2, 0) is 9.53 Å². The lowest BCUT2D eigenvalue weighted by atomic mass is 9.92. The van der Waals surface area contributed by atoms with Crippen LogP contribution in [0.3, 0.4) is 0 Å². The molecule has 1 amide bonds. The Morgan fingerprint density at radius 1 is 1.37 bits per heavy atom. The van der Waals surface area contributed by atoms with Crippen LogP contribution >= 0.6 is 27.3 Å². The molecule has 2 aliphatic rings. The van der Waals surface area contributed by atoms with Gasteiger partial charge in [0.25, 0.3) is 5.91 Å². The first-order valence-electron chi connectivity index (χ1n) is 10.2. The standard InChI is InChI=1S/C21H25BrN4O3S/c22-21-25-17(13-30-21)20(28)24-16-10-14(15(12-27)19-11-23-6-9-29-19)4-5-18(16)26-7-2-1-3-8-26/h4-5,10,12-13,15,19,23H,1-3,6-9,11H2,(H,24,28). The number of nitrogens with one attached hydrogen (secondary N) is 2. The zero-order chi connectivity index (χ0) is 20.9. The Morgan fingerprint density at radius 2 is 2.20 bits per heavy atom. The maximum Gasteiger partial charge on any atom is 0.275 e. The van der Waals surface area contributed by atoms with Crippen LogP contribution in [0.25, 0.3) is 0 Å². The van der Waals surface area contributed by atoms with Gasteiger partial charge in [0.2, 0.25) is 0 Å². The number of thiazole rings is 1. The van der Waals surface area contributed by atoms with E-state index in [0.29, 0.717) is 28.4 Å². The Kier molecular flexibility index (Phi) is 7.14. The molecule has 0 radical (unpaired) electrons. The van der Waals surface area contributed by atoms with Crippen molar-refractivity contribution in [1.29, 1.82) is 0 Å². The highest BCUT2D eigenvalue weighted by atomic mass is 79.9. The number of aromatic nitrogens is 1. The number of benzene rings is 1. The van der Waals surface area contributed by atoms with Gasteiger partial charge in [-0.25, -0.2) is 4.98 Å². The lowest BCUT2D eigenvalue weighted by Crippen LogP contribution is -2.42. The lowest BCUT2D eigenvalue weighted by molar-refractivity contribution is -0.113. The van der Waals surface area contributed by atoms with E-state index in [1.54, 1.807) is 5.38 Å². The van der Waals surface area contributed by atoms with Gasteiger partial charge in [-0.1, -0.05) is 6.07 Å². The molecule has 2 saturated heterocycles. The average molecular weight is 493 g/mol. The Labute approximate surface area is 188 Å². The third-order valence-electron chi connectivity index (χ3n) is 5.56. The molecule has 2 aliphatic heterocycles. The van der Waals surface area contributed by atoms with E-state index in [1.165, 1.54) is 17.8 Å². The van der Waals surface area contributed by atoms with Crippen LogP contribution in [0.5, 0.6) is 0 Å². The van der Waals surface area contributed by atoms with Crippen LogP contribution in [0.2, 0.25) is 0 Å². The fraction of sp³-hybridized carbons (Fsp3) is 0.476. The molecule has 9 heteroatoms. The SMILES string of the molecule is O=CC(c1ccc(N2CCCCC2)c(NC(=O)c2csc(Br)n2)c1)C1CNCCO1. The number of hydrogen-bond donors (Lipinski definition) is 2. The summed E-state index contributed by atoms with van der Waals surface area (Å²) < 4.78 is 6.49. The number of rotatable bonds is 6. The molecular weight excluding hydrogens is 468 g/mol.